The highest BCUT2D eigenvalue weighted by atomic mass is 16.5. The van der Waals surface area contributed by atoms with E-state index < -0.39 is 0 Å². The highest BCUT2D eigenvalue weighted by Crippen LogP contribution is 2.32. The Bertz CT molecular complexity index is 1760. The van der Waals surface area contributed by atoms with Gasteiger partial charge in [-0.25, -0.2) is 9.97 Å². The lowest BCUT2D eigenvalue weighted by Crippen LogP contribution is -2.51. The Balaban J connectivity index is 1.47. The standard InChI is InChI=1S/C31H34N8O3/c1-36(2)28(40)19-38-18-23(21-11-8-14-32-29(21)38)25-15-27(37(3)17-20-9-6-5-7-10-20)39-30(34-25)22(16-33-39)31(41)35-24-12-13-26(24)42-4/h5-11,14-16,18,24,26H,12-13,17,19H2,1-4H3,(H,35,41)/t24?,26-/m0/s1. The molecular formula is C31H34N8O3. The van der Waals surface area contributed by atoms with Crippen molar-refractivity contribution in [3.8, 4) is 11.3 Å². The van der Waals surface area contributed by atoms with Crippen molar-refractivity contribution in [3.05, 3.63) is 78.2 Å². The minimum absolute atomic E-state index is 0.00961. The Morgan fingerprint density at radius 1 is 1.07 bits per heavy atom. The summed E-state index contributed by atoms with van der Waals surface area (Å²) in [5.41, 5.74) is 4.12. The number of pyridine rings is 1. The molecule has 11 nitrogen and oxygen atoms in total. The van der Waals surface area contributed by atoms with Gasteiger partial charge in [-0.3, -0.25) is 9.59 Å². The second-order valence-corrected chi connectivity index (χ2v) is 10.9. The van der Waals surface area contributed by atoms with Crippen LogP contribution in [0.25, 0.3) is 27.9 Å². The number of hydrogen-bond donors (Lipinski definition) is 1. The number of rotatable bonds is 9. The van der Waals surface area contributed by atoms with Gasteiger partial charge in [0.05, 0.1) is 24.0 Å². The quantitative estimate of drug-likeness (QED) is 0.291. The summed E-state index contributed by atoms with van der Waals surface area (Å²) in [5.74, 6) is 0.486. The monoisotopic (exact) mass is 566 g/mol. The summed E-state index contributed by atoms with van der Waals surface area (Å²) in [6.45, 7) is 0.769. The molecule has 1 aromatic carbocycles. The molecule has 2 amide bonds. The van der Waals surface area contributed by atoms with E-state index in [0.717, 1.165) is 35.2 Å². The lowest BCUT2D eigenvalue weighted by atomic mass is 9.89. The Morgan fingerprint density at radius 2 is 1.88 bits per heavy atom. The average molecular weight is 567 g/mol. The van der Waals surface area contributed by atoms with Crippen LogP contribution in [0.3, 0.4) is 0 Å². The van der Waals surface area contributed by atoms with Gasteiger partial charge in [-0.2, -0.15) is 9.61 Å². The molecule has 1 aliphatic carbocycles. The van der Waals surface area contributed by atoms with Crippen LogP contribution in [0.1, 0.15) is 28.8 Å². The second kappa shape index (κ2) is 11.2. The summed E-state index contributed by atoms with van der Waals surface area (Å²) < 4.78 is 9.04. The third kappa shape index (κ3) is 5.07. The fourth-order valence-corrected chi connectivity index (χ4v) is 5.35. The van der Waals surface area contributed by atoms with Gasteiger partial charge in [-0.15, -0.1) is 0 Å². The molecule has 0 spiro atoms. The molecule has 1 aliphatic rings. The fourth-order valence-electron chi connectivity index (χ4n) is 5.35. The average Bonchev–Trinajstić information content (AvgIpc) is 3.57. The minimum atomic E-state index is -0.237. The van der Waals surface area contributed by atoms with Crippen LogP contribution in [0, 0.1) is 0 Å². The van der Waals surface area contributed by atoms with Crippen molar-refractivity contribution in [2.45, 2.75) is 38.1 Å². The van der Waals surface area contributed by atoms with E-state index in [1.165, 1.54) is 0 Å². The molecule has 1 unspecified atom stereocenters. The second-order valence-electron chi connectivity index (χ2n) is 10.9. The van der Waals surface area contributed by atoms with Crippen molar-refractivity contribution in [3.63, 3.8) is 0 Å². The maximum absolute atomic E-state index is 13.5. The van der Waals surface area contributed by atoms with Gasteiger partial charge in [0.25, 0.3) is 5.91 Å². The number of carbonyl (C=O) groups is 2. The third-order valence-corrected chi connectivity index (χ3v) is 7.90. The number of benzene rings is 1. The summed E-state index contributed by atoms with van der Waals surface area (Å²) in [6, 6.07) is 15.9. The molecule has 0 radical (unpaired) electrons. The zero-order chi connectivity index (χ0) is 29.4. The SMILES string of the molecule is CO[C@H]1CCC1NC(=O)c1cnn2c(N(C)Cc3ccccc3)cc(-c3cn(CC(=O)N(C)C)c4ncccc34)nc12. The molecule has 0 saturated heterocycles. The van der Waals surface area contributed by atoms with E-state index in [0.29, 0.717) is 29.1 Å². The maximum Gasteiger partial charge on any atom is 0.257 e. The number of carbonyl (C=O) groups excluding carboxylic acids is 2. The smallest absolute Gasteiger partial charge is 0.257 e. The highest BCUT2D eigenvalue weighted by molar-refractivity contribution is 6.01. The van der Waals surface area contributed by atoms with E-state index in [4.69, 9.17) is 9.72 Å². The molecule has 1 fully saturated rings. The molecule has 216 valence electrons. The van der Waals surface area contributed by atoms with Gasteiger partial charge in [0.2, 0.25) is 5.91 Å². The molecule has 42 heavy (non-hydrogen) atoms. The molecule has 5 aromatic rings. The van der Waals surface area contributed by atoms with E-state index in [1.54, 1.807) is 43.0 Å². The van der Waals surface area contributed by atoms with Crippen LogP contribution in [0.15, 0.2) is 67.1 Å². The van der Waals surface area contributed by atoms with Crippen LogP contribution < -0.4 is 10.2 Å². The molecule has 6 rings (SSSR count). The lowest BCUT2D eigenvalue weighted by Gasteiger charge is -2.35. The summed E-state index contributed by atoms with van der Waals surface area (Å²) in [6.07, 6.45) is 6.99. The van der Waals surface area contributed by atoms with Gasteiger partial charge in [0.1, 0.15) is 23.6 Å². The zero-order valence-corrected chi connectivity index (χ0v) is 24.2. The molecular weight excluding hydrogens is 532 g/mol. The predicted octanol–water partition coefficient (Wildman–Crippen LogP) is 3.38. The van der Waals surface area contributed by atoms with Crippen molar-refractivity contribution < 1.29 is 14.3 Å². The van der Waals surface area contributed by atoms with E-state index in [1.807, 2.05) is 54.2 Å². The molecule has 0 aliphatic heterocycles. The first-order valence-corrected chi connectivity index (χ1v) is 14.0. The van der Waals surface area contributed by atoms with E-state index >= 15 is 0 Å². The van der Waals surface area contributed by atoms with E-state index in [2.05, 4.69) is 32.4 Å². The van der Waals surface area contributed by atoms with Gasteiger partial charge in [-0.1, -0.05) is 30.3 Å². The lowest BCUT2D eigenvalue weighted by molar-refractivity contribution is -0.129. The van der Waals surface area contributed by atoms with Crippen LogP contribution in [0.2, 0.25) is 0 Å². The Kier molecular flexibility index (Phi) is 7.34. The van der Waals surface area contributed by atoms with Crippen LogP contribution in [0.4, 0.5) is 5.82 Å². The zero-order valence-electron chi connectivity index (χ0n) is 24.2. The molecule has 2 atom stereocenters. The Hall–Kier alpha value is -4.77. The number of methoxy groups -OCH3 is 1. The molecule has 11 heteroatoms. The van der Waals surface area contributed by atoms with E-state index in [9.17, 15) is 9.59 Å². The van der Waals surface area contributed by atoms with Crippen molar-refractivity contribution >= 4 is 34.3 Å². The molecule has 4 heterocycles. The largest absolute Gasteiger partial charge is 0.379 e. The van der Waals surface area contributed by atoms with Crippen molar-refractivity contribution in [1.29, 1.82) is 0 Å². The summed E-state index contributed by atoms with van der Waals surface area (Å²) in [5, 5.41) is 8.57. The van der Waals surface area contributed by atoms with Crippen LogP contribution in [0.5, 0.6) is 0 Å². The Morgan fingerprint density at radius 3 is 2.60 bits per heavy atom. The first-order valence-electron chi connectivity index (χ1n) is 14.0. The number of likely N-dealkylation sites (N-methyl/N-ethyl adjacent to an activating group) is 1. The van der Waals surface area contributed by atoms with Crippen molar-refractivity contribution in [1.82, 2.24) is 34.4 Å². The first-order chi connectivity index (χ1) is 20.3. The number of nitrogens with zero attached hydrogens (tertiary/aromatic N) is 7. The maximum atomic E-state index is 13.5. The summed E-state index contributed by atoms with van der Waals surface area (Å²) in [7, 11) is 7.12. The van der Waals surface area contributed by atoms with Crippen LogP contribution in [-0.2, 0) is 22.6 Å². The van der Waals surface area contributed by atoms with E-state index in [-0.39, 0.29) is 30.5 Å². The number of aromatic nitrogens is 5. The minimum Gasteiger partial charge on any atom is -0.379 e. The molecule has 0 bridgehead atoms. The van der Waals surface area contributed by atoms with Crippen LogP contribution in [-0.4, -0.2) is 81.3 Å². The van der Waals surface area contributed by atoms with Crippen LogP contribution >= 0.6 is 0 Å². The van der Waals surface area contributed by atoms with Gasteiger partial charge in [0.15, 0.2) is 5.65 Å². The van der Waals surface area contributed by atoms with Gasteiger partial charge >= 0.3 is 0 Å². The number of anilines is 1. The Labute approximate surface area is 243 Å². The number of ether oxygens (including phenoxy) is 1. The summed E-state index contributed by atoms with van der Waals surface area (Å²) in [4.78, 5) is 39.3. The van der Waals surface area contributed by atoms with Crippen molar-refractivity contribution in [2.75, 3.05) is 33.2 Å². The van der Waals surface area contributed by atoms with Gasteiger partial charge in [-0.05, 0) is 30.5 Å². The molecule has 4 aromatic heterocycles. The normalized spacial score (nSPS) is 16.4. The summed E-state index contributed by atoms with van der Waals surface area (Å²) >= 11 is 0. The fraction of sp³-hybridized carbons (Fsp3) is 0.323. The topological polar surface area (TPSA) is 110 Å². The molecule has 1 saturated carbocycles. The van der Waals surface area contributed by atoms with Gasteiger partial charge < -0.3 is 24.4 Å². The number of nitrogens with one attached hydrogen (secondary N) is 1. The van der Waals surface area contributed by atoms with Crippen molar-refractivity contribution in [2.24, 2.45) is 0 Å². The number of fused-ring (bicyclic) bond motifs is 2. The molecule has 1 N–H and O–H groups in total. The number of amides is 2. The van der Waals surface area contributed by atoms with Gasteiger partial charge in [0, 0.05) is 64.2 Å². The third-order valence-electron chi connectivity index (χ3n) is 7.90. The first kappa shape index (κ1) is 27.4. The number of hydrogen-bond acceptors (Lipinski definition) is 7. The predicted molar refractivity (Wildman–Crippen MR) is 160 cm³/mol. The highest BCUT2D eigenvalue weighted by Gasteiger charge is 2.33.